The summed E-state index contributed by atoms with van der Waals surface area (Å²) in [7, 11) is 0. The van der Waals surface area contributed by atoms with Gasteiger partial charge in [-0.1, -0.05) is 19.9 Å². The lowest BCUT2D eigenvalue weighted by Crippen LogP contribution is -1.94. The van der Waals surface area contributed by atoms with Gasteiger partial charge in [0, 0.05) is 17.7 Å². The molecule has 18 heavy (non-hydrogen) atoms. The number of hydrogen-bond donors (Lipinski definition) is 0. The smallest absolute Gasteiger partial charge is 0.122 e. The Labute approximate surface area is 108 Å². The van der Waals surface area contributed by atoms with E-state index in [0.717, 1.165) is 30.2 Å². The highest BCUT2D eigenvalue weighted by Crippen LogP contribution is 2.30. The van der Waals surface area contributed by atoms with Crippen molar-refractivity contribution in [3.8, 4) is 17.0 Å². The average Bonchev–Trinajstić information content (AvgIpc) is 2.86. The summed E-state index contributed by atoms with van der Waals surface area (Å²) < 4.78 is 5.53. The topological polar surface area (TPSA) is 22.1 Å². The molecule has 3 rings (SSSR count). The van der Waals surface area contributed by atoms with Crippen molar-refractivity contribution >= 4 is 0 Å². The Morgan fingerprint density at radius 2 is 2.06 bits per heavy atom. The number of rotatable bonds is 2. The Hall–Kier alpha value is -1.83. The van der Waals surface area contributed by atoms with Crippen molar-refractivity contribution < 1.29 is 4.74 Å². The van der Waals surface area contributed by atoms with Crippen molar-refractivity contribution in [2.45, 2.75) is 26.2 Å². The molecule has 0 unspecified atom stereocenters. The van der Waals surface area contributed by atoms with Crippen LogP contribution in [0.5, 0.6) is 5.75 Å². The van der Waals surface area contributed by atoms with Crippen LogP contribution >= 0.6 is 0 Å². The van der Waals surface area contributed by atoms with E-state index in [1.165, 1.54) is 11.1 Å². The van der Waals surface area contributed by atoms with E-state index in [2.05, 4.69) is 50.2 Å². The summed E-state index contributed by atoms with van der Waals surface area (Å²) in [6, 6.07) is 12.6. The zero-order chi connectivity index (χ0) is 12.5. The van der Waals surface area contributed by atoms with E-state index in [-0.39, 0.29) is 0 Å². The molecule has 2 heterocycles. The number of hydrogen-bond acceptors (Lipinski definition) is 2. The summed E-state index contributed by atoms with van der Waals surface area (Å²) in [5, 5.41) is 0. The summed E-state index contributed by atoms with van der Waals surface area (Å²) in [5.74, 6) is 1.49. The molecule has 2 aromatic rings. The fraction of sp³-hybridized carbons (Fsp3) is 0.312. The largest absolute Gasteiger partial charge is 0.493 e. The van der Waals surface area contributed by atoms with Gasteiger partial charge in [0.1, 0.15) is 5.75 Å². The molecule has 0 saturated carbocycles. The van der Waals surface area contributed by atoms with Crippen molar-refractivity contribution in [2.24, 2.45) is 0 Å². The molecule has 0 N–H and O–H groups in total. The number of pyridine rings is 1. The maximum atomic E-state index is 5.53. The summed E-state index contributed by atoms with van der Waals surface area (Å²) in [6.45, 7) is 5.14. The van der Waals surface area contributed by atoms with E-state index in [9.17, 15) is 0 Å². The highest BCUT2D eigenvalue weighted by molar-refractivity contribution is 5.62. The van der Waals surface area contributed by atoms with Gasteiger partial charge in [-0.05, 0) is 41.8 Å². The minimum atomic E-state index is 0.461. The molecule has 92 valence electrons. The van der Waals surface area contributed by atoms with E-state index in [1.54, 1.807) is 0 Å². The van der Waals surface area contributed by atoms with E-state index in [1.807, 2.05) is 0 Å². The van der Waals surface area contributed by atoms with Crippen molar-refractivity contribution in [2.75, 3.05) is 6.61 Å². The van der Waals surface area contributed by atoms with Crippen LogP contribution in [-0.2, 0) is 6.42 Å². The fourth-order valence-corrected chi connectivity index (χ4v) is 2.28. The highest BCUT2D eigenvalue weighted by atomic mass is 16.5. The molecular weight excluding hydrogens is 222 g/mol. The van der Waals surface area contributed by atoms with Gasteiger partial charge in [-0.25, -0.2) is 0 Å². The Morgan fingerprint density at radius 3 is 2.89 bits per heavy atom. The Balaban J connectivity index is 2.02. The number of benzene rings is 1. The minimum Gasteiger partial charge on any atom is -0.493 e. The van der Waals surface area contributed by atoms with Crippen LogP contribution in [0.1, 0.15) is 31.0 Å². The predicted molar refractivity (Wildman–Crippen MR) is 73.0 cm³/mol. The Bertz CT molecular complexity index is 575. The van der Waals surface area contributed by atoms with Crippen LogP contribution < -0.4 is 4.74 Å². The molecule has 0 spiro atoms. The lowest BCUT2D eigenvalue weighted by Gasteiger charge is -2.08. The molecule has 0 aliphatic carbocycles. The van der Waals surface area contributed by atoms with Crippen LogP contribution in [0.2, 0.25) is 0 Å². The molecule has 1 aliphatic heterocycles. The Kier molecular flexibility index (Phi) is 2.78. The van der Waals surface area contributed by atoms with Crippen LogP contribution in [0.15, 0.2) is 36.4 Å². The summed E-state index contributed by atoms with van der Waals surface area (Å²) >= 11 is 0. The van der Waals surface area contributed by atoms with Crippen LogP contribution in [0.4, 0.5) is 0 Å². The zero-order valence-electron chi connectivity index (χ0n) is 10.8. The van der Waals surface area contributed by atoms with Gasteiger partial charge in [0.15, 0.2) is 0 Å². The number of ether oxygens (including phenoxy) is 1. The normalized spacial score (nSPS) is 13.5. The van der Waals surface area contributed by atoms with Gasteiger partial charge < -0.3 is 4.74 Å². The van der Waals surface area contributed by atoms with E-state index >= 15 is 0 Å². The van der Waals surface area contributed by atoms with Gasteiger partial charge in [0.2, 0.25) is 0 Å². The average molecular weight is 239 g/mol. The van der Waals surface area contributed by atoms with E-state index in [4.69, 9.17) is 9.72 Å². The Morgan fingerprint density at radius 1 is 1.17 bits per heavy atom. The minimum absolute atomic E-state index is 0.461. The first kappa shape index (κ1) is 11.3. The molecule has 0 atom stereocenters. The number of aromatic nitrogens is 1. The van der Waals surface area contributed by atoms with Crippen molar-refractivity contribution in [3.63, 3.8) is 0 Å². The molecule has 0 fully saturated rings. The molecule has 1 aliphatic rings. The second-order valence-corrected chi connectivity index (χ2v) is 5.02. The quantitative estimate of drug-likeness (QED) is 0.795. The first-order valence-corrected chi connectivity index (χ1v) is 6.47. The summed E-state index contributed by atoms with van der Waals surface area (Å²) in [5.41, 5.74) is 4.67. The third-order valence-corrected chi connectivity index (χ3v) is 3.35. The molecule has 1 aromatic heterocycles. The SMILES string of the molecule is CC(C)c1cccc(-c2ccc3c(c2)CCO3)n1. The first-order valence-electron chi connectivity index (χ1n) is 6.47. The van der Waals surface area contributed by atoms with Crippen molar-refractivity contribution in [1.82, 2.24) is 4.98 Å². The zero-order valence-corrected chi connectivity index (χ0v) is 10.8. The third kappa shape index (κ3) is 1.99. The number of fused-ring (bicyclic) bond motifs is 1. The van der Waals surface area contributed by atoms with Gasteiger partial charge in [-0.3, -0.25) is 4.98 Å². The molecule has 2 heteroatoms. The van der Waals surface area contributed by atoms with E-state index < -0.39 is 0 Å². The van der Waals surface area contributed by atoms with Gasteiger partial charge in [0.25, 0.3) is 0 Å². The maximum absolute atomic E-state index is 5.53. The summed E-state index contributed by atoms with van der Waals surface area (Å²) in [4.78, 5) is 4.73. The van der Waals surface area contributed by atoms with Gasteiger partial charge in [-0.2, -0.15) is 0 Å². The fourth-order valence-electron chi connectivity index (χ4n) is 2.28. The molecule has 2 nitrogen and oxygen atoms in total. The van der Waals surface area contributed by atoms with Crippen LogP contribution in [-0.4, -0.2) is 11.6 Å². The second-order valence-electron chi connectivity index (χ2n) is 5.02. The van der Waals surface area contributed by atoms with Gasteiger partial charge in [0.05, 0.1) is 12.3 Å². The molecule has 0 saturated heterocycles. The first-order chi connectivity index (χ1) is 8.74. The lowest BCUT2D eigenvalue weighted by atomic mass is 10.0. The molecule has 0 bridgehead atoms. The lowest BCUT2D eigenvalue weighted by molar-refractivity contribution is 0.357. The monoisotopic (exact) mass is 239 g/mol. The standard InChI is InChI=1S/C16H17NO/c1-11(2)14-4-3-5-15(17-14)12-6-7-16-13(10-12)8-9-18-16/h3-7,10-11H,8-9H2,1-2H3. The van der Waals surface area contributed by atoms with Crippen LogP contribution in [0.25, 0.3) is 11.3 Å². The van der Waals surface area contributed by atoms with Crippen LogP contribution in [0, 0.1) is 0 Å². The number of nitrogens with zero attached hydrogens (tertiary/aromatic N) is 1. The van der Waals surface area contributed by atoms with E-state index in [0.29, 0.717) is 5.92 Å². The van der Waals surface area contributed by atoms with Crippen molar-refractivity contribution in [1.29, 1.82) is 0 Å². The molecular formula is C16H17NO. The molecule has 0 radical (unpaired) electrons. The third-order valence-electron chi connectivity index (χ3n) is 3.35. The highest BCUT2D eigenvalue weighted by Gasteiger charge is 2.13. The molecule has 0 amide bonds. The van der Waals surface area contributed by atoms with Gasteiger partial charge in [-0.15, -0.1) is 0 Å². The summed E-state index contributed by atoms with van der Waals surface area (Å²) in [6.07, 6.45) is 1.01. The van der Waals surface area contributed by atoms with Gasteiger partial charge >= 0.3 is 0 Å². The predicted octanol–water partition coefficient (Wildman–Crippen LogP) is 3.81. The van der Waals surface area contributed by atoms with Crippen molar-refractivity contribution in [3.05, 3.63) is 47.7 Å². The second kappa shape index (κ2) is 4.45. The molecule has 1 aromatic carbocycles. The maximum Gasteiger partial charge on any atom is 0.122 e. The van der Waals surface area contributed by atoms with Crippen LogP contribution in [0.3, 0.4) is 0 Å².